The van der Waals surface area contributed by atoms with Crippen LogP contribution in [-0.2, 0) is 0 Å². The predicted molar refractivity (Wildman–Crippen MR) is 80.1 cm³/mol. The third kappa shape index (κ3) is 1.78. The molecule has 1 heterocycles. The van der Waals surface area contributed by atoms with Crippen LogP contribution < -0.4 is 0 Å². The largest absolute Gasteiger partial charge is 0.411 e. The molecule has 5 unspecified atom stereocenters. The van der Waals surface area contributed by atoms with Gasteiger partial charge >= 0.3 is 0 Å². The topological polar surface area (TPSA) is 35.8 Å². The number of likely N-dealkylation sites (tertiary alicyclic amines) is 1. The fourth-order valence-corrected chi connectivity index (χ4v) is 6.47. The summed E-state index contributed by atoms with van der Waals surface area (Å²) in [5.74, 6) is 1.34. The number of hydrogen-bond donors (Lipinski definition) is 1. The first-order chi connectivity index (χ1) is 9.41. The van der Waals surface area contributed by atoms with Gasteiger partial charge < -0.3 is 5.21 Å². The molecule has 5 atom stereocenters. The molecule has 4 fully saturated rings. The lowest BCUT2D eigenvalue weighted by molar-refractivity contribution is 0.118. The monoisotopic (exact) mass is 276 g/mol. The Hall–Kier alpha value is -0.570. The third-order valence-electron chi connectivity index (χ3n) is 6.57. The van der Waals surface area contributed by atoms with Crippen molar-refractivity contribution in [2.24, 2.45) is 27.8 Å². The van der Waals surface area contributed by atoms with Crippen LogP contribution in [0.5, 0.6) is 0 Å². The van der Waals surface area contributed by atoms with Gasteiger partial charge in [0, 0.05) is 18.5 Å². The second-order valence-electron chi connectivity index (χ2n) is 9.13. The van der Waals surface area contributed by atoms with Crippen LogP contribution in [0.15, 0.2) is 5.16 Å². The Morgan fingerprint density at radius 1 is 1.20 bits per heavy atom. The number of rotatable bonds is 1. The molecule has 0 aromatic carbocycles. The minimum atomic E-state index is 0.458. The lowest BCUT2D eigenvalue weighted by Gasteiger charge is -2.41. The molecule has 3 heteroatoms. The number of oxime groups is 1. The van der Waals surface area contributed by atoms with E-state index in [1.165, 1.54) is 45.1 Å². The fourth-order valence-electron chi connectivity index (χ4n) is 6.47. The highest BCUT2D eigenvalue weighted by atomic mass is 16.4. The van der Waals surface area contributed by atoms with E-state index in [-0.39, 0.29) is 0 Å². The maximum atomic E-state index is 9.49. The highest BCUT2D eigenvalue weighted by Gasteiger charge is 2.56. The summed E-state index contributed by atoms with van der Waals surface area (Å²) in [6, 6.07) is 1.17. The van der Waals surface area contributed by atoms with Gasteiger partial charge in [0.1, 0.15) is 0 Å². The molecular weight excluding hydrogens is 248 g/mol. The van der Waals surface area contributed by atoms with E-state index >= 15 is 0 Å². The molecular formula is C17H28N2O. The normalized spacial score (nSPS) is 52.0. The van der Waals surface area contributed by atoms with E-state index in [1.807, 2.05) is 0 Å². The van der Waals surface area contributed by atoms with Gasteiger partial charge in [0.2, 0.25) is 0 Å². The molecule has 4 rings (SSSR count). The lowest BCUT2D eigenvalue weighted by atomic mass is 9.65. The Morgan fingerprint density at radius 3 is 2.75 bits per heavy atom. The van der Waals surface area contributed by atoms with E-state index in [4.69, 9.17) is 0 Å². The number of fused-ring (bicyclic) bond motifs is 4. The SMILES string of the molecule is CC1(C)CC2CC(C)(CN2C2/C(=N/O)C3CCC2C3)C1. The maximum Gasteiger partial charge on any atom is 0.0775 e. The number of nitrogens with zero attached hydrogens (tertiary/aromatic N) is 2. The molecule has 4 aliphatic rings. The second kappa shape index (κ2) is 4.00. The Labute approximate surface area is 122 Å². The molecule has 1 N–H and O–H groups in total. The van der Waals surface area contributed by atoms with E-state index < -0.39 is 0 Å². The van der Waals surface area contributed by atoms with Gasteiger partial charge in [-0.1, -0.05) is 25.9 Å². The molecule has 0 aromatic rings. The summed E-state index contributed by atoms with van der Waals surface area (Å²) >= 11 is 0. The van der Waals surface area contributed by atoms with Crippen LogP contribution in [0.2, 0.25) is 0 Å². The van der Waals surface area contributed by atoms with Crippen molar-refractivity contribution in [3.63, 3.8) is 0 Å². The van der Waals surface area contributed by atoms with Crippen molar-refractivity contribution in [1.29, 1.82) is 0 Å². The Kier molecular flexibility index (Phi) is 2.62. The van der Waals surface area contributed by atoms with Gasteiger partial charge in [0.25, 0.3) is 0 Å². The van der Waals surface area contributed by atoms with Gasteiger partial charge in [0.05, 0.1) is 11.8 Å². The van der Waals surface area contributed by atoms with E-state index in [0.29, 0.717) is 28.8 Å². The van der Waals surface area contributed by atoms with Crippen LogP contribution in [0.1, 0.15) is 59.3 Å². The zero-order valence-corrected chi connectivity index (χ0v) is 13.1. The van der Waals surface area contributed by atoms with Crippen LogP contribution in [0.3, 0.4) is 0 Å². The Morgan fingerprint density at radius 2 is 2.00 bits per heavy atom. The Balaban J connectivity index is 1.64. The van der Waals surface area contributed by atoms with Crippen molar-refractivity contribution in [2.45, 2.75) is 71.4 Å². The fraction of sp³-hybridized carbons (Fsp3) is 0.941. The van der Waals surface area contributed by atoms with Gasteiger partial charge in [-0.15, -0.1) is 0 Å². The van der Waals surface area contributed by atoms with Crippen molar-refractivity contribution in [3.05, 3.63) is 0 Å². The molecule has 20 heavy (non-hydrogen) atoms. The summed E-state index contributed by atoms with van der Waals surface area (Å²) in [4.78, 5) is 2.74. The average Bonchev–Trinajstić information content (AvgIpc) is 2.98. The zero-order valence-electron chi connectivity index (χ0n) is 13.1. The van der Waals surface area contributed by atoms with Crippen molar-refractivity contribution in [1.82, 2.24) is 4.90 Å². The predicted octanol–water partition coefficient (Wildman–Crippen LogP) is 3.52. The molecule has 112 valence electrons. The van der Waals surface area contributed by atoms with Crippen molar-refractivity contribution >= 4 is 5.71 Å². The summed E-state index contributed by atoms with van der Waals surface area (Å²) in [5.41, 5.74) is 2.07. The highest BCUT2D eigenvalue weighted by molar-refractivity contribution is 5.94. The molecule has 0 amide bonds. The second-order valence-corrected chi connectivity index (χ2v) is 9.13. The van der Waals surface area contributed by atoms with Crippen LogP contribution >= 0.6 is 0 Å². The van der Waals surface area contributed by atoms with Crippen LogP contribution in [0.4, 0.5) is 0 Å². The molecule has 1 saturated heterocycles. The van der Waals surface area contributed by atoms with Gasteiger partial charge in [-0.3, -0.25) is 4.90 Å². The average molecular weight is 276 g/mol. The van der Waals surface area contributed by atoms with E-state index in [9.17, 15) is 5.21 Å². The first kappa shape index (κ1) is 13.1. The van der Waals surface area contributed by atoms with Crippen molar-refractivity contribution in [2.75, 3.05) is 6.54 Å². The molecule has 0 radical (unpaired) electrons. The van der Waals surface area contributed by atoms with Crippen molar-refractivity contribution in [3.8, 4) is 0 Å². The minimum absolute atomic E-state index is 0.458. The first-order valence-electron chi connectivity index (χ1n) is 8.38. The Bertz CT molecular complexity index is 458. The first-order valence-corrected chi connectivity index (χ1v) is 8.38. The van der Waals surface area contributed by atoms with E-state index in [2.05, 4.69) is 30.8 Å². The molecule has 3 nitrogen and oxygen atoms in total. The number of hydrogen-bond acceptors (Lipinski definition) is 3. The van der Waals surface area contributed by atoms with E-state index in [1.54, 1.807) is 0 Å². The molecule has 4 bridgehead atoms. The van der Waals surface area contributed by atoms with Crippen LogP contribution in [0, 0.1) is 22.7 Å². The minimum Gasteiger partial charge on any atom is -0.411 e. The molecule has 1 aliphatic heterocycles. The van der Waals surface area contributed by atoms with Crippen LogP contribution in [0.25, 0.3) is 0 Å². The molecule has 0 spiro atoms. The summed E-state index contributed by atoms with van der Waals surface area (Å²) < 4.78 is 0. The highest BCUT2D eigenvalue weighted by Crippen LogP contribution is 2.56. The molecule has 0 aromatic heterocycles. The summed E-state index contributed by atoms with van der Waals surface area (Å²) in [6.07, 6.45) is 7.88. The molecule has 3 saturated carbocycles. The van der Waals surface area contributed by atoms with Crippen LogP contribution in [-0.4, -0.2) is 34.4 Å². The zero-order chi connectivity index (χ0) is 14.1. The summed E-state index contributed by atoms with van der Waals surface area (Å²) in [6.45, 7) is 8.56. The van der Waals surface area contributed by atoms with Gasteiger partial charge in [-0.2, -0.15) is 0 Å². The summed E-state index contributed by atoms with van der Waals surface area (Å²) in [5, 5.41) is 13.2. The van der Waals surface area contributed by atoms with Crippen molar-refractivity contribution < 1.29 is 5.21 Å². The van der Waals surface area contributed by atoms with Gasteiger partial charge in [0.15, 0.2) is 0 Å². The maximum absolute atomic E-state index is 9.49. The van der Waals surface area contributed by atoms with Gasteiger partial charge in [-0.25, -0.2) is 0 Å². The summed E-state index contributed by atoms with van der Waals surface area (Å²) in [7, 11) is 0. The van der Waals surface area contributed by atoms with Gasteiger partial charge in [-0.05, 0) is 55.3 Å². The third-order valence-corrected chi connectivity index (χ3v) is 6.57. The quantitative estimate of drug-likeness (QED) is 0.587. The molecule has 3 aliphatic carbocycles. The smallest absolute Gasteiger partial charge is 0.0775 e. The standard InChI is InChI=1S/C17H28N2O/c1-16(2)7-13-8-17(3,9-16)10-19(13)15-12-5-4-11(6-12)14(15)18-20/h11-13,15,20H,4-10H2,1-3H3/b18-14+. The van der Waals surface area contributed by atoms with E-state index in [0.717, 1.165) is 11.6 Å². The lowest BCUT2D eigenvalue weighted by Crippen LogP contribution is -2.47.